The Kier molecular flexibility index (Phi) is 4.99. The van der Waals surface area contributed by atoms with Crippen molar-refractivity contribution in [2.75, 3.05) is 11.9 Å². The Morgan fingerprint density at radius 1 is 1.55 bits per heavy atom. The zero-order valence-electron chi connectivity index (χ0n) is 12.7. The fourth-order valence-corrected chi connectivity index (χ4v) is 2.77. The van der Waals surface area contributed by atoms with Gasteiger partial charge in [0.2, 0.25) is 5.91 Å². The first kappa shape index (κ1) is 14.8. The molecule has 1 saturated heterocycles. The fraction of sp³-hybridized carbons (Fsp3) is 0.625. The summed E-state index contributed by atoms with van der Waals surface area (Å²) in [7, 11) is 0. The molecule has 2 heterocycles. The highest BCUT2D eigenvalue weighted by molar-refractivity contribution is 5.74. The number of pyridine rings is 1. The molecule has 1 amide bonds. The second-order valence-corrected chi connectivity index (χ2v) is 5.62. The summed E-state index contributed by atoms with van der Waals surface area (Å²) in [5, 5.41) is 3.47. The third-order valence-electron chi connectivity index (χ3n) is 4.10. The van der Waals surface area contributed by atoms with Crippen molar-refractivity contribution in [2.45, 2.75) is 58.5 Å². The number of hydrogen-bond acceptors (Lipinski definition) is 3. The first-order valence-electron chi connectivity index (χ1n) is 7.62. The van der Waals surface area contributed by atoms with E-state index in [1.807, 2.05) is 17.2 Å². The molecule has 4 heteroatoms. The Hall–Kier alpha value is -1.58. The Morgan fingerprint density at radius 2 is 2.35 bits per heavy atom. The van der Waals surface area contributed by atoms with Gasteiger partial charge in [-0.15, -0.1) is 0 Å². The van der Waals surface area contributed by atoms with Crippen LogP contribution in [0.1, 0.15) is 58.1 Å². The van der Waals surface area contributed by atoms with E-state index in [1.165, 1.54) is 6.42 Å². The van der Waals surface area contributed by atoms with E-state index in [9.17, 15) is 4.79 Å². The van der Waals surface area contributed by atoms with Crippen LogP contribution < -0.4 is 5.32 Å². The maximum atomic E-state index is 11.9. The number of likely N-dealkylation sites (tertiary alicyclic amines) is 1. The van der Waals surface area contributed by atoms with E-state index in [0.717, 1.165) is 37.2 Å². The molecule has 110 valence electrons. The SMILES string of the molecule is CC[C@H](C)Nc1ncccc1[C@@H]1CCCCN1C(C)=O. The van der Waals surface area contributed by atoms with Crippen LogP contribution in [0.5, 0.6) is 0 Å². The predicted octanol–water partition coefficient (Wildman–Crippen LogP) is 3.37. The van der Waals surface area contributed by atoms with Gasteiger partial charge in [0.15, 0.2) is 0 Å². The van der Waals surface area contributed by atoms with Gasteiger partial charge in [0.05, 0.1) is 6.04 Å². The second kappa shape index (κ2) is 6.73. The molecule has 0 spiro atoms. The van der Waals surface area contributed by atoms with E-state index in [1.54, 1.807) is 6.92 Å². The summed E-state index contributed by atoms with van der Waals surface area (Å²) in [6.45, 7) is 6.83. The van der Waals surface area contributed by atoms with Gasteiger partial charge in [-0.1, -0.05) is 13.0 Å². The van der Waals surface area contributed by atoms with Crippen LogP contribution in [0, 0.1) is 0 Å². The minimum absolute atomic E-state index is 0.160. The molecule has 0 radical (unpaired) electrons. The number of nitrogens with one attached hydrogen (secondary N) is 1. The molecule has 1 aromatic heterocycles. The van der Waals surface area contributed by atoms with Crippen LogP contribution in [-0.4, -0.2) is 28.4 Å². The Labute approximate surface area is 121 Å². The molecule has 2 rings (SSSR count). The third-order valence-corrected chi connectivity index (χ3v) is 4.10. The molecule has 0 unspecified atom stereocenters. The molecule has 0 bridgehead atoms. The lowest BCUT2D eigenvalue weighted by molar-refractivity contribution is -0.132. The van der Waals surface area contributed by atoms with Crippen molar-refractivity contribution in [1.82, 2.24) is 9.88 Å². The maximum Gasteiger partial charge on any atom is 0.219 e. The van der Waals surface area contributed by atoms with Crippen LogP contribution in [-0.2, 0) is 4.79 Å². The van der Waals surface area contributed by atoms with E-state index >= 15 is 0 Å². The molecule has 2 atom stereocenters. The lowest BCUT2D eigenvalue weighted by Crippen LogP contribution is -2.37. The van der Waals surface area contributed by atoms with E-state index in [2.05, 4.69) is 30.2 Å². The van der Waals surface area contributed by atoms with Gasteiger partial charge in [-0.3, -0.25) is 4.79 Å². The van der Waals surface area contributed by atoms with Gasteiger partial charge in [0, 0.05) is 31.3 Å². The number of anilines is 1. The molecule has 1 aliphatic heterocycles. The molecule has 1 aromatic rings. The molecule has 0 aromatic carbocycles. The second-order valence-electron chi connectivity index (χ2n) is 5.62. The van der Waals surface area contributed by atoms with Crippen LogP contribution in [0.3, 0.4) is 0 Å². The molecule has 20 heavy (non-hydrogen) atoms. The highest BCUT2D eigenvalue weighted by atomic mass is 16.2. The van der Waals surface area contributed by atoms with Crippen molar-refractivity contribution < 1.29 is 4.79 Å². The van der Waals surface area contributed by atoms with Crippen LogP contribution in [0.25, 0.3) is 0 Å². The standard InChI is InChI=1S/C16H25N3O/c1-4-12(2)18-16-14(8-7-10-17-16)15-9-5-6-11-19(15)13(3)20/h7-8,10,12,15H,4-6,9,11H2,1-3H3,(H,17,18)/t12-,15-/m0/s1. The molecule has 0 aliphatic carbocycles. The van der Waals surface area contributed by atoms with Crippen molar-refractivity contribution in [2.24, 2.45) is 0 Å². The highest BCUT2D eigenvalue weighted by Gasteiger charge is 2.28. The van der Waals surface area contributed by atoms with Crippen molar-refractivity contribution in [3.8, 4) is 0 Å². The average Bonchev–Trinajstić information content (AvgIpc) is 2.47. The molecule has 1 fully saturated rings. The highest BCUT2D eigenvalue weighted by Crippen LogP contribution is 2.34. The molecule has 4 nitrogen and oxygen atoms in total. The normalized spacial score (nSPS) is 20.6. The van der Waals surface area contributed by atoms with Crippen molar-refractivity contribution in [3.63, 3.8) is 0 Å². The lowest BCUT2D eigenvalue weighted by Gasteiger charge is -2.36. The zero-order valence-corrected chi connectivity index (χ0v) is 12.7. The minimum Gasteiger partial charge on any atom is -0.367 e. The Morgan fingerprint density at radius 3 is 3.05 bits per heavy atom. The van der Waals surface area contributed by atoms with E-state index in [4.69, 9.17) is 0 Å². The fourth-order valence-electron chi connectivity index (χ4n) is 2.77. The van der Waals surface area contributed by atoms with Crippen LogP contribution in [0.15, 0.2) is 18.3 Å². The molecule has 1 N–H and O–H groups in total. The van der Waals surface area contributed by atoms with Gasteiger partial charge in [-0.05, 0) is 38.7 Å². The Balaban J connectivity index is 2.28. The monoisotopic (exact) mass is 275 g/mol. The average molecular weight is 275 g/mol. The number of nitrogens with zero attached hydrogens (tertiary/aromatic N) is 2. The summed E-state index contributed by atoms with van der Waals surface area (Å²) in [4.78, 5) is 18.3. The van der Waals surface area contributed by atoms with Crippen LogP contribution >= 0.6 is 0 Å². The maximum absolute atomic E-state index is 11.9. The summed E-state index contributed by atoms with van der Waals surface area (Å²) >= 11 is 0. The van der Waals surface area contributed by atoms with E-state index in [-0.39, 0.29) is 11.9 Å². The topological polar surface area (TPSA) is 45.2 Å². The predicted molar refractivity (Wildman–Crippen MR) is 81.6 cm³/mol. The van der Waals surface area contributed by atoms with Crippen molar-refractivity contribution in [3.05, 3.63) is 23.9 Å². The van der Waals surface area contributed by atoms with Crippen LogP contribution in [0.2, 0.25) is 0 Å². The number of hydrogen-bond donors (Lipinski definition) is 1. The van der Waals surface area contributed by atoms with Gasteiger partial charge in [0.25, 0.3) is 0 Å². The number of aromatic nitrogens is 1. The minimum atomic E-state index is 0.160. The molecule has 1 aliphatic rings. The zero-order chi connectivity index (χ0) is 14.5. The van der Waals surface area contributed by atoms with Crippen LogP contribution in [0.4, 0.5) is 5.82 Å². The van der Waals surface area contributed by atoms with Gasteiger partial charge in [0.1, 0.15) is 5.82 Å². The smallest absolute Gasteiger partial charge is 0.219 e. The summed E-state index contributed by atoms with van der Waals surface area (Å²) < 4.78 is 0. The van der Waals surface area contributed by atoms with Crippen molar-refractivity contribution >= 4 is 11.7 Å². The number of piperidine rings is 1. The first-order valence-corrected chi connectivity index (χ1v) is 7.62. The number of carbonyl (C=O) groups excluding carboxylic acids is 1. The van der Waals surface area contributed by atoms with Gasteiger partial charge in [-0.25, -0.2) is 4.98 Å². The summed E-state index contributed by atoms with van der Waals surface area (Å²) in [6.07, 6.45) is 6.17. The van der Waals surface area contributed by atoms with Gasteiger partial charge >= 0.3 is 0 Å². The number of amides is 1. The molecular weight excluding hydrogens is 250 g/mol. The quantitative estimate of drug-likeness (QED) is 0.916. The Bertz CT molecular complexity index is 461. The van der Waals surface area contributed by atoms with Crippen molar-refractivity contribution in [1.29, 1.82) is 0 Å². The summed E-state index contributed by atoms with van der Waals surface area (Å²) in [5.41, 5.74) is 1.16. The van der Waals surface area contributed by atoms with E-state index < -0.39 is 0 Å². The summed E-state index contributed by atoms with van der Waals surface area (Å²) in [6, 6.07) is 4.62. The largest absolute Gasteiger partial charge is 0.367 e. The number of rotatable bonds is 4. The number of carbonyl (C=O) groups is 1. The lowest BCUT2D eigenvalue weighted by atomic mass is 9.95. The molecular formula is C16H25N3O. The molecule has 0 saturated carbocycles. The first-order chi connectivity index (χ1) is 9.63. The van der Waals surface area contributed by atoms with Gasteiger partial charge in [-0.2, -0.15) is 0 Å². The summed E-state index contributed by atoms with van der Waals surface area (Å²) in [5.74, 6) is 1.09. The third kappa shape index (κ3) is 3.30. The van der Waals surface area contributed by atoms with E-state index in [0.29, 0.717) is 6.04 Å². The van der Waals surface area contributed by atoms with Gasteiger partial charge < -0.3 is 10.2 Å².